The molecular weight excluding hydrogens is 300 g/mol. The standard InChI is InChI=1S/C19H32N4O/c1-3-5-11-21-19(20-4-2)22-16-18(17-9-7-6-8-10-17)23-12-14-24-15-13-23/h6-10,18H,3-5,11-16H2,1-2H3,(H2,20,21,22). The molecule has 1 saturated heterocycles. The Kier molecular flexibility index (Phi) is 8.63. The SMILES string of the molecule is CCCCNC(=NCC(c1ccccc1)N1CCOCC1)NCC. The Hall–Kier alpha value is -1.59. The Morgan fingerprint density at radius 2 is 1.92 bits per heavy atom. The number of aliphatic imine (C=N–C) groups is 1. The summed E-state index contributed by atoms with van der Waals surface area (Å²) in [5.41, 5.74) is 1.33. The van der Waals surface area contributed by atoms with Crippen molar-refractivity contribution in [2.24, 2.45) is 4.99 Å². The van der Waals surface area contributed by atoms with Crippen LogP contribution in [0.15, 0.2) is 35.3 Å². The number of guanidine groups is 1. The monoisotopic (exact) mass is 332 g/mol. The fourth-order valence-electron chi connectivity index (χ4n) is 2.90. The highest BCUT2D eigenvalue weighted by atomic mass is 16.5. The molecule has 0 aliphatic carbocycles. The fourth-order valence-corrected chi connectivity index (χ4v) is 2.90. The Balaban J connectivity index is 2.06. The molecule has 0 radical (unpaired) electrons. The molecule has 1 aliphatic rings. The van der Waals surface area contributed by atoms with Crippen LogP contribution in [-0.2, 0) is 4.74 Å². The minimum atomic E-state index is 0.303. The van der Waals surface area contributed by atoms with Gasteiger partial charge in [-0.2, -0.15) is 0 Å². The molecule has 5 nitrogen and oxygen atoms in total. The van der Waals surface area contributed by atoms with Gasteiger partial charge in [0, 0.05) is 26.2 Å². The van der Waals surface area contributed by atoms with Crippen LogP contribution in [-0.4, -0.2) is 56.8 Å². The number of unbranched alkanes of at least 4 members (excludes halogenated alkanes) is 1. The van der Waals surface area contributed by atoms with Crippen molar-refractivity contribution in [3.63, 3.8) is 0 Å². The molecule has 2 N–H and O–H groups in total. The van der Waals surface area contributed by atoms with E-state index >= 15 is 0 Å². The lowest BCUT2D eigenvalue weighted by Crippen LogP contribution is -2.42. The van der Waals surface area contributed by atoms with Crippen molar-refractivity contribution in [3.8, 4) is 0 Å². The topological polar surface area (TPSA) is 48.9 Å². The molecule has 0 bridgehead atoms. The van der Waals surface area contributed by atoms with Crippen molar-refractivity contribution in [1.29, 1.82) is 0 Å². The first-order valence-electron chi connectivity index (χ1n) is 9.24. The summed E-state index contributed by atoms with van der Waals surface area (Å²) in [5, 5.41) is 6.77. The molecule has 1 aromatic carbocycles. The third kappa shape index (κ3) is 6.13. The molecular formula is C19H32N4O. The molecule has 1 aromatic rings. The highest BCUT2D eigenvalue weighted by Gasteiger charge is 2.22. The number of nitrogens with zero attached hydrogens (tertiary/aromatic N) is 2. The summed E-state index contributed by atoms with van der Waals surface area (Å²) >= 11 is 0. The number of benzene rings is 1. The summed E-state index contributed by atoms with van der Waals surface area (Å²) in [4.78, 5) is 7.33. The van der Waals surface area contributed by atoms with Crippen molar-refractivity contribution < 1.29 is 4.74 Å². The number of hydrogen-bond acceptors (Lipinski definition) is 3. The van der Waals surface area contributed by atoms with Gasteiger partial charge in [-0.05, 0) is 18.9 Å². The molecule has 1 atom stereocenters. The van der Waals surface area contributed by atoms with Crippen LogP contribution in [0.25, 0.3) is 0 Å². The average Bonchev–Trinajstić information content (AvgIpc) is 2.64. The normalized spacial score (nSPS) is 17.5. The Morgan fingerprint density at radius 3 is 2.58 bits per heavy atom. The van der Waals surface area contributed by atoms with Gasteiger partial charge in [0.05, 0.1) is 25.8 Å². The third-order valence-electron chi connectivity index (χ3n) is 4.26. The Labute approximate surface area is 146 Å². The van der Waals surface area contributed by atoms with Crippen molar-refractivity contribution in [1.82, 2.24) is 15.5 Å². The van der Waals surface area contributed by atoms with E-state index in [0.717, 1.165) is 58.3 Å². The average molecular weight is 332 g/mol. The lowest BCUT2D eigenvalue weighted by atomic mass is 10.1. The predicted molar refractivity (Wildman–Crippen MR) is 100 cm³/mol. The molecule has 1 heterocycles. The van der Waals surface area contributed by atoms with Crippen LogP contribution in [0.4, 0.5) is 0 Å². The number of ether oxygens (including phenoxy) is 1. The minimum absolute atomic E-state index is 0.303. The molecule has 1 fully saturated rings. The second-order valence-corrected chi connectivity index (χ2v) is 6.07. The van der Waals surface area contributed by atoms with Gasteiger partial charge in [0.1, 0.15) is 0 Å². The maximum Gasteiger partial charge on any atom is 0.191 e. The second-order valence-electron chi connectivity index (χ2n) is 6.07. The molecule has 1 unspecified atom stereocenters. The lowest BCUT2D eigenvalue weighted by molar-refractivity contribution is 0.0180. The first-order chi connectivity index (χ1) is 11.8. The lowest BCUT2D eigenvalue weighted by Gasteiger charge is -2.34. The summed E-state index contributed by atoms with van der Waals surface area (Å²) in [6.45, 7) is 10.5. The summed E-state index contributed by atoms with van der Waals surface area (Å²) in [6, 6.07) is 11.0. The van der Waals surface area contributed by atoms with E-state index < -0.39 is 0 Å². The van der Waals surface area contributed by atoms with E-state index in [9.17, 15) is 0 Å². The molecule has 0 amide bonds. The van der Waals surface area contributed by atoms with E-state index in [1.165, 1.54) is 12.0 Å². The van der Waals surface area contributed by atoms with E-state index in [2.05, 4.69) is 59.7 Å². The number of rotatable bonds is 8. The number of morpholine rings is 1. The maximum atomic E-state index is 5.51. The van der Waals surface area contributed by atoms with Crippen LogP contribution in [0.5, 0.6) is 0 Å². The van der Waals surface area contributed by atoms with Crippen LogP contribution in [0.3, 0.4) is 0 Å². The Bertz CT molecular complexity index is 472. The Morgan fingerprint density at radius 1 is 1.17 bits per heavy atom. The van der Waals surface area contributed by atoms with E-state index in [1.54, 1.807) is 0 Å². The van der Waals surface area contributed by atoms with Gasteiger partial charge in [-0.15, -0.1) is 0 Å². The molecule has 0 spiro atoms. The van der Waals surface area contributed by atoms with E-state index in [4.69, 9.17) is 9.73 Å². The van der Waals surface area contributed by atoms with Crippen molar-refractivity contribution in [2.45, 2.75) is 32.7 Å². The van der Waals surface area contributed by atoms with Gasteiger partial charge >= 0.3 is 0 Å². The van der Waals surface area contributed by atoms with Crippen LogP contribution < -0.4 is 10.6 Å². The van der Waals surface area contributed by atoms with Gasteiger partial charge in [0.2, 0.25) is 0 Å². The predicted octanol–water partition coefficient (Wildman–Crippen LogP) is 2.42. The summed E-state index contributed by atoms with van der Waals surface area (Å²) < 4.78 is 5.51. The van der Waals surface area contributed by atoms with Gasteiger partial charge in [0.25, 0.3) is 0 Å². The molecule has 2 rings (SSSR count). The van der Waals surface area contributed by atoms with E-state index in [1.807, 2.05) is 0 Å². The highest BCUT2D eigenvalue weighted by Crippen LogP contribution is 2.22. The quantitative estimate of drug-likeness (QED) is 0.436. The smallest absolute Gasteiger partial charge is 0.191 e. The summed E-state index contributed by atoms with van der Waals surface area (Å²) in [7, 11) is 0. The zero-order valence-corrected chi connectivity index (χ0v) is 15.1. The van der Waals surface area contributed by atoms with Crippen LogP contribution in [0, 0.1) is 0 Å². The van der Waals surface area contributed by atoms with Gasteiger partial charge in [-0.25, -0.2) is 0 Å². The number of nitrogens with one attached hydrogen (secondary N) is 2. The van der Waals surface area contributed by atoms with Crippen molar-refractivity contribution in [3.05, 3.63) is 35.9 Å². The van der Waals surface area contributed by atoms with Gasteiger partial charge in [-0.3, -0.25) is 9.89 Å². The molecule has 5 heteroatoms. The first-order valence-corrected chi connectivity index (χ1v) is 9.24. The second kappa shape index (κ2) is 11.0. The largest absolute Gasteiger partial charge is 0.379 e. The van der Waals surface area contributed by atoms with Gasteiger partial charge in [-0.1, -0.05) is 43.7 Å². The molecule has 0 saturated carbocycles. The van der Waals surface area contributed by atoms with Crippen LogP contribution >= 0.6 is 0 Å². The van der Waals surface area contributed by atoms with E-state index in [0.29, 0.717) is 6.04 Å². The van der Waals surface area contributed by atoms with Gasteiger partial charge in [0.15, 0.2) is 5.96 Å². The zero-order valence-electron chi connectivity index (χ0n) is 15.1. The summed E-state index contributed by atoms with van der Waals surface area (Å²) in [6.07, 6.45) is 2.35. The molecule has 1 aliphatic heterocycles. The minimum Gasteiger partial charge on any atom is -0.379 e. The van der Waals surface area contributed by atoms with E-state index in [-0.39, 0.29) is 0 Å². The fraction of sp³-hybridized carbons (Fsp3) is 0.632. The van der Waals surface area contributed by atoms with Crippen molar-refractivity contribution in [2.75, 3.05) is 45.9 Å². The maximum absolute atomic E-state index is 5.51. The zero-order chi connectivity index (χ0) is 17.0. The molecule has 0 aromatic heterocycles. The van der Waals surface area contributed by atoms with Crippen LogP contribution in [0.2, 0.25) is 0 Å². The first kappa shape index (κ1) is 18.7. The van der Waals surface area contributed by atoms with Crippen molar-refractivity contribution >= 4 is 5.96 Å². The van der Waals surface area contributed by atoms with Gasteiger partial charge < -0.3 is 15.4 Å². The number of hydrogen-bond donors (Lipinski definition) is 2. The molecule has 134 valence electrons. The molecule has 24 heavy (non-hydrogen) atoms. The summed E-state index contributed by atoms with van der Waals surface area (Å²) in [5.74, 6) is 0.917. The van der Waals surface area contributed by atoms with Crippen LogP contribution in [0.1, 0.15) is 38.3 Å². The highest BCUT2D eigenvalue weighted by molar-refractivity contribution is 5.79. The third-order valence-corrected chi connectivity index (χ3v) is 4.26.